The Morgan fingerprint density at radius 1 is 1.14 bits per heavy atom. The molecular formula is C15H12N2O3S2. The Kier molecular flexibility index (Phi) is 3.91. The lowest BCUT2D eigenvalue weighted by Gasteiger charge is -1.98. The largest absolute Gasteiger partial charge is 0.334 e. The van der Waals surface area contributed by atoms with E-state index in [-0.39, 0.29) is 4.90 Å². The molecule has 3 aromatic rings. The lowest BCUT2D eigenvalue weighted by atomic mass is 10.2. The highest BCUT2D eigenvalue weighted by molar-refractivity contribution is 7.90. The van der Waals surface area contributed by atoms with Crippen molar-refractivity contribution in [2.24, 2.45) is 0 Å². The number of sulfone groups is 1. The van der Waals surface area contributed by atoms with Crippen LogP contribution in [0.25, 0.3) is 23.5 Å². The summed E-state index contributed by atoms with van der Waals surface area (Å²) in [5.74, 6) is 0.821. The Balaban J connectivity index is 1.82. The predicted octanol–water partition coefficient (Wildman–Crippen LogP) is 3.37. The molecule has 22 heavy (non-hydrogen) atoms. The maximum atomic E-state index is 11.4. The number of benzene rings is 1. The van der Waals surface area contributed by atoms with Crippen LogP contribution in [0.15, 0.2) is 51.2 Å². The lowest BCUT2D eigenvalue weighted by molar-refractivity contribution is 0.411. The average Bonchev–Trinajstić information content (AvgIpc) is 3.16. The van der Waals surface area contributed by atoms with Gasteiger partial charge in [-0.2, -0.15) is 4.98 Å². The summed E-state index contributed by atoms with van der Waals surface area (Å²) in [5.41, 5.74) is 0.701. The van der Waals surface area contributed by atoms with E-state index in [2.05, 4.69) is 10.1 Å². The third-order valence-electron chi connectivity index (χ3n) is 2.92. The van der Waals surface area contributed by atoms with Gasteiger partial charge in [0.15, 0.2) is 9.84 Å². The number of nitrogens with zero attached hydrogens (tertiary/aromatic N) is 2. The topological polar surface area (TPSA) is 73.1 Å². The number of thiophene rings is 1. The van der Waals surface area contributed by atoms with Crippen molar-refractivity contribution in [3.8, 4) is 11.4 Å². The van der Waals surface area contributed by atoms with Crippen LogP contribution < -0.4 is 0 Å². The van der Waals surface area contributed by atoms with Crippen LogP contribution in [-0.2, 0) is 9.84 Å². The highest BCUT2D eigenvalue weighted by Crippen LogP contribution is 2.19. The minimum absolute atomic E-state index is 0.262. The molecular weight excluding hydrogens is 320 g/mol. The van der Waals surface area contributed by atoms with Crippen molar-refractivity contribution in [2.45, 2.75) is 4.90 Å². The Bertz CT molecular complexity index is 893. The molecule has 0 saturated heterocycles. The molecule has 0 aliphatic rings. The molecule has 7 heteroatoms. The van der Waals surface area contributed by atoms with E-state index in [9.17, 15) is 8.42 Å². The first-order valence-corrected chi connectivity index (χ1v) is 9.15. The van der Waals surface area contributed by atoms with Crippen LogP contribution in [0.3, 0.4) is 0 Å². The number of hydrogen-bond donors (Lipinski definition) is 0. The maximum Gasteiger partial charge on any atom is 0.250 e. The van der Waals surface area contributed by atoms with Crippen LogP contribution in [0.1, 0.15) is 10.8 Å². The summed E-state index contributed by atoms with van der Waals surface area (Å²) in [7, 11) is -3.20. The molecule has 0 bridgehead atoms. The van der Waals surface area contributed by atoms with E-state index in [0.717, 1.165) is 4.88 Å². The molecule has 2 aromatic heterocycles. The zero-order valence-corrected chi connectivity index (χ0v) is 13.3. The standard InChI is InChI=1S/C15H12N2O3S2/c1-22(18,19)13-7-4-11(5-8-13)15-16-14(20-17-15)9-6-12-3-2-10-21-12/h2-10H,1H3/b9-6+. The molecule has 0 spiro atoms. The fourth-order valence-electron chi connectivity index (χ4n) is 1.81. The highest BCUT2D eigenvalue weighted by Gasteiger charge is 2.10. The van der Waals surface area contributed by atoms with Gasteiger partial charge >= 0.3 is 0 Å². The van der Waals surface area contributed by atoms with Crippen LogP contribution >= 0.6 is 11.3 Å². The predicted molar refractivity (Wildman–Crippen MR) is 86.1 cm³/mol. The molecule has 0 unspecified atom stereocenters. The Morgan fingerprint density at radius 3 is 2.55 bits per heavy atom. The Morgan fingerprint density at radius 2 is 1.91 bits per heavy atom. The smallest absolute Gasteiger partial charge is 0.250 e. The Labute approximate surface area is 131 Å². The normalized spacial score (nSPS) is 12.0. The minimum atomic E-state index is -3.20. The van der Waals surface area contributed by atoms with Crippen molar-refractivity contribution in [1.29, 1.82) is 0 Å². The monoisotopic (exact) mass is 332 g/mol. The fraction of sp³-hybridized carbons (Fsp3) is 0.0667. The van der Waals surface area contributed by atoms with Gasteiger partial charge in [0.25, 0.3) is 5.89 Å². The summed E-state index contributed by atoms with van der Waals surface area (Å²) in [6.45, 7) is 0. The van der Waals surface area contributed by atoms with Gasteiger partial charge in [0.05, 0.1) is 4.90 Å². The molecule has 112 valence electrons. The van der Waals surface area contributed by atoms with E-state index in [1.54, 1.807) is 29.5 Å². The summed E-state index contributed by atoms with van der Waals surface area (Å²) in [6.07, 6.45) is 4.81. The van der Waals surface area contributed by atoms with E-state index in [0.29, 0.717) is 17.3 Å². The van der Waals surface area contributed by atoms with Gasteiger partial charge in [0.1, 0.15) is 0 Å². The second-order valence-electron chi connectivity index (χ2n) is 4.60. The van der Waals surface area contributed by atoms with Crippen LogP contribution in [0.2, 0.25) is 0 Å². The first-order chi connectivity index (χ1) is 10.5. The van der Waals surface area contributed by atoms with Crippen molar-refractivity contribution in [3.05, 3.63) is 52.5 Å². The first kappa shape index (κ1) is 14.7. The van der Waals surface area contributed by atoms with Gasteiger partial charge in [-0.05, 0) is 41.8 Å². The van der Waals surface area contributed by atoms with E-state index in [1.807, 2.05) is 23.6 Å². The molecule has 0 saturated carbocycles. The van der Waals surface area contributed by atoms with Gasteiger partial charge in [0.2, 0.25) is 5.82 Å². The molecule has 0 amide bonds. The highest BCUT2D eigenvalue weighted by atomic mass is 32.2. The van der Waals surface area contributed by atoms with E-state index < -0.39 is 9.84 Å². The fourth-order valence-corrected chi connectivity index (χ4v) is 3.06. The van der Waals surface area contributed by atoms with Crippen molar-refractivity contribution in [2.75, 3.05) is 6.26 Å². The molecule has 0 fully saturated rings. The third kappa shape index (κ3) is 3.32. The van der Waals surface area contributed by atoms with Gasteiger partial charge in [-0.3, -0.25) is 0 Å². The summed E-state index contributed by atoms with van der Waals surface area (Å²) >= 11 is 1.62. The van der Waals surface area contributed by atoms with Gasteiger partial charge in [0, 0.05) is 22.8 Å². The second kappa shape index (κ2) is 5.86. The van der Waals surface area contributed by atoms with Crippen molar-refractivity contribution in [1.82, 2.24) is 10.1 Å². The van der Waals surface area contributed by atoms with Crippen LogP contribution in [0.5, 0.6) is 0 Å². The van der Waals surface area contributed by atoms with E-state index in [4.69, 9.17) is 4.52 Å². The summed E-state index contributed by atoms with van der Waals surface area (Å²) in [5, 5.41) is 5.88. The SMILES string of the molecule is CS(=O)(=O)c1ccc(-c2noc(/C=C/c3cccs3)n2)cc1. The van der Waals surface area contributed by atoms with Crippen molar-refractivity contribution >= 4 is 33.3 Å². The zero-order chi connectivity index (χ0) is 15.6. The van der Waals surface area contributed by atoms with Gasteiger partial charge in [-0.25, -0.2) is 8.42 Å². The molecule has 0 atom stereocenters. The van der Waals surface area contributed by atoms with E-state index in [1.165, 1.54) is 18.4 Å². The van der Waals surface area contributed by atoms with Crippen LogP contribution in [-0.4, -0.2) is 24.8 Å². The molecule has 2 heterocycles. The molecule has 3 rings (SSSR count). The number of hydrogen-bond acceptors (Lipinski definition) is 6. The summed E-state index contributed by atoms with van der Waals surface area (Å²) in [6, 6.07) is 10.3. The molecule has 0 radical (unpaired) electrons. The minimum Gasteiger partial charge on any atom is -0.334 e. The van der Waals surface area contributed by atoms with Crippen LogP contribution in [0.4, 0.5) is 0 Å². The van der Waals surface area contributed by atoms with Crippen molar-refractivity contribution < 1.29 is 12.9 Å². The third-order valence-corrected chi connectivity index (χ3v) is 4.88. The first-order valence-electron chi connectivity index (χ1n) is 6.38. The molecule has 1 aromatic carbocycles. The summed E-state index contributed by atoms with van der Waals surface area (Å²) in [4.78, 5) is 5.62. The molecule has 0 aliphatic carbocycles. The summed E-state index contributed by atoms with van der Waals surface area (Å²) < 4.78 is 28.0. The Hall–Kier alpha value is -2.25. The molecule has 0 N–H and O–H groups in total. The van der Waals surface area contributed by atoms with Gasteiger partial charge in [-0.15, -0.1) is 11.3 Å². The van der Waals surface area contributed by atoms with Crippen molar-refractivity contribution in [3.63, 3.8) is 0 Å². The van der Waals surface area contributed by atoms with Crippen LogP contribution in [0, 0.1) is 0 Å². The average molecular weight is 332 g/mol. The van der Waals surface area contributed by atoms with Gasteiger partial charge in [-0.1, -0.05) is 11.2 Å². The van der Waals surface area contributed by atoms with E-state index >= 15 is 0 Å². The zero-order valence-electron chi connectivity index (χ0n) is 11.6. The maximum absolute atomic E-state index is 11.4. The quantitative estimate of drug-likeness (QED) is 0.732. The number of rotatable bonds is 4. The number of aromatic nitrogens is 2. The molecule has 0 aliphatic heterocycles. The molecule has 5 nitrogen and oxygen atoms in total. The lowest BCUT2D eigenvalue weighted by Crippen LogP contribution is -1.96. The van der Waals surface area contributed by atoms with Gasteiger partial charge < -0.3 is 4.52 Å². The second-order valence-corrected chi connectivity index (χ2v) is 7.60.